The summed E-state index contributed by atoms with van der Waals surface area (Å²) in [6.45, 7) is 9.55. The molecule has 0 aliphatic heterocycles. The number of hydrogen-bond acceptors (Lipinski definition) is 4. The van der Waals surface area contributed by atoms with Crippen LogP contribution >= 0.6 is 22.7 Å². The zero-order valence-corrected chi connectivity index (χ0v) is 16.0. The first-order valence-electron chi connectivity index (χ1n) is 7.89. The van der Waals surface area contributed by atoms with Crippen molar-refractivity contribution in [1.29, 1.82) is 0 Å². The van der Waals surface area contributed by atoms with Gasteiger partial charge in [-0.15, -0.1) is 22.7 Å². The SMILES string of the molecule is CC(c1cccs1)c1cccs1.CCC(C)C(C)NCOC. The summed E-state index contributed by atoms with van der Waals surface area (Å²) in [4.78, 5) is 2.91. The van der Waals surface area contributed by atoms with Gasteiger partial charge in [0.25, 0.3) is 0 Å². The quantitative estimate of drug-likeness (QED) is 0.665. The lowest BCUT2D eigenvalue weighted by molar-refractivity contribution is 0.155. The number of nitrogens with one attached hydrogen (secondary N) is 1. The Morgan fingerprint density at radius 1 is 1.05 bits per heavy atom. The van der Waals surface area contributed by atoms with E-state index in [2.05, 4.69) is 68.0 Å². The van der Waals surface area contributed by atoms with E-state index in [4.69, 9.17) is 4.74 Å². The zero-order valence-electron chi connectivity index (χ0n) is 14.3. The largest absolute Gasteiger partial charge is 0.370 e. The van der Waals surface area contributed by atoms with Gasteiger partial charge in [-0.1, -0.05) is 39.3 Å². The first kappa shape index (κ1) is 19.4. The summed E-state index contributed by atoms with van der Waals surface area (Å²) in [6, 6.07) is 9.20. The van der Waals surface area contributed by atoms with Gasteiger partial charge in [0.1, 0.15) is 0 Å². The molecule has 2 heterocycles. The molecule has 0 aliphatic carbocycles. The van der Waals surface area contributed by atoms with Crippen molar-refractivity contribution in [1.82, 2.24) is 5.32 Å². The van der Waals surface area contributed by atoms with E-state index in [0.29, 0.717) is 18.7 Å². The molecule has 1 N–H and O–H groups in total. The van der Waals surface area contributed by atoms with Gasteiger partial charge in [0.05, 0.1) is 6.73 Å². The molecule has 4 heteroatoms. The topological polar surface area (TPSA) is 21.3 Å². The molecular formula is C18H29NOS2. The number of ether oxygens (including phenoxy) is 1. The van der Waals surface area contributed by atoms with E-state index in [9.17, 15) is 0 Å². The van der Waals surface area contributed by atoms with Gasteiger partial charge < -0.3 is 4.74 Å². The summed E-state index contributed by atoms with van der Waals surface area (Å²) in [7, 11) is 1.70. The monoisotopic (exact) mass is 339 g/mol. The predicted octanol–water partition coefficient (Wildman–Crippen LogP) is 5.58. The summed E-state index contributed by atoms with van der Waals surface area (Å²) in [5.41, 5.74) is 0. The second-order valence-corrected chi connectivity index (χ2v) is 7.52. The fraction of sp³-hybridized carbons (Fsp3) is 0.556. The molecule has 22 heavy (non-hydrogen) atoms. The van der Waals surface area contributed by atoms with E-state index in [1.807, 2.05) is 22.7 Å². The van der Waals surface area contributed by atoms with Crippen molar-refractivity contribution in [3.8, 4) is 0 Å². The van der Waals surface area contributed by atoms with Crippen LogP contribution in [0, 0.1) is 5.92 Å². The Kier molecular flexibility index (Phi) is 9.64. The standard InChI is InChI=1S/C10H10S2.C8H19NO/c1-8(9-4-2-6-11-9)10-5-3-7-12-10;1-5-7(2)8(3)9-6-10-4/h2-8H,1H3;7-9H,5-6H2,1-4H3. The van der Waals surface area contributed by atoms with Gasteiger partial charge in [-0.05, 0) is 35.7 Å². The van der Waals surface area contributed by atoms with Crippen LogP contribution in [0.1, 0.15) is 49.8 Å². The van der Waals surface area contributed by atoms with Gasteiger partial charge in [-0.2, -0.15) is 0 Å². The average Bonchev–Trinajstić information content (AvgIpc) is 3.24. The summed E-state index contributed by atoms with van der Waals surface area (Å²) in [5, 5.41) is 7.54. The molecule has 2 aromatic rings. The van der Waals surface area contributed by atoms with Crippen molar-refractivity contribution in [2.45, 2.75) is 46.1 Å². The van der Waals surface area contributed by atoms with Gasteiger partial charge in [0, 0.05) is 28.8 Å². The van der Waals surface area contributed by atoms with Crippen LogP contribution in [0.15, 0.2) is 35.0 Å². The van der Waals surface area contributed by atoms with Crippen LogP contribution in [0.25, 0.3) is 0 Å². The lowest BCUT2D eigenvalue weighted by atomic mass is 10.0. The number of thiophene rings is 2. The molecule has 2 unspecified atom stereocenters. The van der Waals surface area contributed by atoms with Crippen LogP contribution in [0.4, 0.5) is 0 Å². The van der Waals surface area contributed by atoms with E-state index in [1.165, 1.54) is 16.2 Å². The van der Waals surface area contributed by atoms with Crippen molar-refractivity contribution in [2.75, 3.05) is 13.8 Å². The highest BCUT2D eigenvalue weighted by atomic mass is 32.1. The normalized spacial score (nSPS) is 13.5. The highest BCUT2D eigenvalue weighted by molar-refractivity contribution is 7.11. The summed E-state index contributed by atoms with van der Waals surface area (Å²) >= 11 is 3.67. The van der Waals surface area contributed by atoms with E-state index in [1.54, 1.807) is 7.11 Å². The van der Waals surface area contributed by atoms with Gasteiger partial charge >= 0.3 is 0 Å². The molecule has 0 spiro atoms. The highest BCUT2D eigenvalue weighted by Gasteiger charge is 2.09. The Morgan fingerprint density at radius 2 is 1.59 bits per heavy atom. The fourth-order valence-electron chi connectivity index (χ4n) is 1.99. The molecule has 0 saturated heterocycles. The maximum absolute atomic E-state index is 4.90. The Morgan fingerprint density at radius 3 is 1.95 bits per heavy atom. The molecule has 0 aliphatic rings. The van der Waals surface area contributed by atoms with E-state index >= 15 is 0 Å². The van der Waals surface area contributed by atoms with E-state index in [0.717, 1.165) is 5.92 Å². The van der Waals surface area contributed by atoms with Crippen LogP contribution in [0.2, 0.25) is 0 Å². The fourth-order valence-corrected chi connectivity index (χ4v) is 3.66. The van der Waals surface area contributed by atoms with Crippen LogP contribution in [0.5, 0.6) is 0 Å². The third-order valence-electron chi connectivity index (χ3n) is 3.99. The molecule has 0 amide bonds. The molecule has 2 aromatic heterocycles. The number of rotatable bonds is 7. The Bertz CT molecular complexity index is 433. The smallest absolute Gasteiger partial charge is 0.0963 e. The summed E-state index contributed by atoms with van der Waals surface area (Å²) < 4.78 is 4.90. The molecule has 2 atom stereocenters. The molecule has 0 bridgehead atoms. The van der Waals surface area contributed by atoms with Gasteiger partial charge in [-0.3, -0.25) is 5.32 Å². The first-order chi connectivity index (χ1) is 10.6. The van der Waals surface area contributed by atoms with Crippen LogP contribution in [-0.4, -0.2) is 19.9 Å². The second kappa shape index (κ2) is 10.9. The van der Waals surface area contributed by atoms with Gasteiger partial charge in [-0.25, -0.2) is 0 Å². The average molecular weight is 340 g/mol. The van der Waals surface area contributed by atoms with Gasteiger partial charge in [0.2, 0.25) is 0 Å². The molecule has 0 fully saturated rings. The number of hydrogen-bond donors (Lipinski definition) is 1. The van der Waals surface area contributed by atoms with Gasteiger partial charge in [0.15, 0.2) is 0 Å². The molecule has 2 nitrogen and oxygen atoms in total. The third-order valence-corrected chi connectivity index (χ3v) is 6.10. The third kappa shape index (κ3) is 6.61. The lowest BCUT2D eigenvalue weighted by Crippen LogP contribution is -2.33. The first-order valence-corrected chi connectivity index (χ1v) is 9.65. The van der Waals surface area contributed by atoms with Crippen LogP contribution < -0.4 is 5.32 Å². The Balaban J connectivity index is 0.000000225. The summed E-state index contributed by atoms with van der Waals surface area (Å²) in [6.07, 6.45) is 1.22. The maximum atomic E-state index is 4.90. The predicted molar refractivity (Wildman–Crippen MR) is 100 cm³/mol. The molecule has 2 rings (SSSR count). The molecule has 0 aromatic carbocycles. The van der Waals surface area contributed by atoms with Crippen LogP contribution in [0.3, 0.4) is 0 Å². The van der Waals surface area contributed by atoms with Crippen molar-refractivity contribution < 1.29 is 4.74 Å². The Hall–Kier alpha value is -0.680. The van der Waals surface area contributed by atoms with E-state index in [-0.39, 0.29) is 0 Å². The second-order valence-electron chi connectivity index (χ2n) is 5.56. The zero-order chi connectivity index (χ0) is 16.4. The number of methoxy groups -OCH3 is 1. The molecule has 0 saturated carbocycles. The van der Waals surface area contributed by atoms with Crippen LogP contribution in [-0.2, 0) is 4.74 Å². The minimum absolute atomic E-state index is 0.560. The highest BCUT2D eigenvalue weighted by Crippen LogP contribution is 2.30. The van der Waals surface area contributed by atoms with E-state index < -0.39 is 0 Å². The summed E-state index contributed by atoms with van der Waals surface area (Å²) in [5.74, 6) is 1.31. The van der Waals surface area contributed by atoms with Crippen molar-refractivity contribution in [3.05, 3.63) is 44.8 Å². The molecule has 124 valence electrons. The minimum Gasteiger partial charge on any atom is -0.370 e. The lowest BCUT2D eigenvalue weighted by Gasteiger charge is -2.18. The minimum atomic E-state index is 0.560. The molecule has 0 radical (unpaired) electrons. The van der Waals surface area contributed by atoms with Crippen molar-refractivity contribution >= 4 is 22.7 Å². The van der Waals surface area contributed by atoms with Crippen molar-refractivity contribution in [3.63, 3.8) is 0 Å². The molecular weight excluding hydrogens is 310 g/mol. The maximum Gasteiger partial charge on any atom is 0.0963 e. The Labute approximate surface area is 143 Å². The van der Waals surface area contributed by atoms with Crippen molar-refractivity contribution in [2.24, 2.45) is 5.92 Å².